The highest BCUT2D eigenvalue weighted by molar-refractivity contribution is 7.99. The molecule has 0 saturated heterocycles. The zero-order chi connectivity index (χ0) is 24.0. The summed E-state index contributed by atoms with van der Waals surface area (Å²) in [5.41, 5.74) is 0.441. The van der Waals surface area contributed by atoms with Crippen LogP contribution in [0.2, 0.25) is 0 Å². The second-order valence-electron chi connectivity index (χ2n) is 7.22. The molecule has 0 spiro atoms. The molecule has 1 unspecified atom stereocenters. The van der Waals surface area contributed by atoms with E-state index in [1.807, 2.05) is 13.0 Å². The number of unbranched alkanes of at least 4 members (excludes halogenated alkanes) is 2. The number of benzene rings is 2. The first-order valence-corrected chi connectivity index (χ1v) is 11.3. The second-order valence-corrected chi connectivity index (χ2v) is 8.31. The van der Waals surface area contributed by atoms with Crippen LogP contribution in [-0.4, -0.2) is 25.6 Å². The van der Waals surface area contributed by atoms with Gasteiger partial charge >= 0.3 is 12.3 Å². The van der Waals surface area contributed by atoms with E-state index in [1.54, 1.807) is 18.9 Å². The van der Waals surface area contributed by atoms with Gasteiger partial charge in [-0.15, -0.1) is 11.8 Å². The molecule has 0 aliphatic rings. The van der Waals surface area contributed by atoms with Crippen molar-refractivity contribution in [2.45, 2.75) is 50.6 Å². The van der Waals surface area contributed by atoms with Crippen molar-refractivity contribution in [3.63, 3.8) is 0 Å². The van der Waals surface area contributed by atoms with Gasteiger partial charge in [0.15, 0.2) is 0 Å². The van der Waals surface area contributed by atoms with Gasteiger partial charge in [-0.05, 0) is 61.4 Å². The molecule has 2 aromatic carbocycles. The van der Waals surface area contributed by atoms with Crippen LogP contribution >= 0.6 is 11.8 Å². The Morgan fingerprint density at radius 3 is 2.25 bits per heavy atom. The molecule has 0 saturated carbocycles. The van der Waals surface area contributed by atoms with Gasteiger partial charge < -0.3 is 9.47 Å². The van der Waals surface area contributed by atoms with Gasteiger partial charge in [0.25, 0.3) is 0 Å². The smallest absolute Gasteiger partial charge is 0.416 e. The van der Waals surface area contributed by atoms with E-state index < -0.39 is 11.7 Å². The predicted octanol–water partition coefficient (Wildman–Crippen LogP) is 6.81. The maximum Gasteiger partial charge on any atom is 0.416 e. The van der Waals surface area contributed by atoms with Crippen LogP contribution in [0.5, 0.6) is 11.5 Å². The topological polar surface area (TPSA) is 52.6 Å². The highest BCUT2D eigenvalue weighted by Gasteiger charge is 2.30. The van der Waals surface area contributed by atoms with Crippen molar-refractivity contribution in [2.24, 2.45) is 5.92 Å². The first kappa shape index (κ1) is 27.6. The molecule has 2 aromatic rings. The van der Waals surface area contributed by atoms with Crippen molar-refractivity contribution < 1.29 is 32.2 Å². The molecular weight excluding hydrogens is 441 g/mol. The third-order valence-corrected chi connectivity index (χ3v) is 5.96. The molecule has 0 fully saturated rings. The quantitative estimate of drug-likeness (QED) is 0.267. The summed E-state index contributed by atoms with van der Waals surface area (Å²) in [7, 11) is 1.66. The van der Waals surface area contributed by atoms with E-state index in [-0.39, 0.29) is 6.15 Å². The Morgan fingerprint density at radius 1 is 1.06 bits per heavy atom. The lowest BCUT2D eigenvalue weighted by atomic mass is 10.0. The number of methoxy groups -OCH3 is 1. The minimum Gasteiger partial charge on any atom is -0.496 e. The van der Waals surface area contributed by atoms with E-state index in [4.69, 9.17) is 19.1 Å². The van der Waals surface area contributed by atoms with Crippen LogP contribution in [0.25, 0.3) is 0 Å². The molecule has 176 valence electrons. The van der Waals surface area contributed by atoms with E-state index in [2.05, 4.69) is 19.1 Å². The lowest BCUT2D eigenvalue weighted by Crippen LogP contribution is -2.15. The van der Waals surface area contributed by atoms with Gasteiger partial charge in [-0.1, -0.05) is 26.2 Å². The van der Waals surface area contributed by atoms with Gasteiger partial charge in [0.05, 0.1) is 19.3 Å². The molecule has 0 N–H and O–H groups in total. The van der Waals surface area contributed by atoms with Crippen molar-refractivity contribution in [2.75, 3.05) is 19.5 Å². The number of hydrogen-bond donors (Lipinski definition) is 0. The minimum absolute atomic E-state index is 0.250. The second kappa shape index (κ2) is 14.6. The molecule has 0 aromatic heterocycles. The number of aryl methyl sites for hydroxylation is 1. The molecule has 4 nitrogen and oxygen atoms in total. The number of ether oxygens (including phenoxy) is 2. The van der Waals surface area contributed by atoms with Crippen LogP contribution in [0, 0.1) is 12.8 Å². The first-order valence-electron chi connectivity index (χ1n) is 10.3. The van der Waals surface area contributed by atoms with Crippen molar-refractivity contribution in [1.29, 1.82) is 0 Å². The number of halogens is 3. The fraction of sp³-hybridized carbons (Fsp3) is 0.458. The van der Waals surface area contributed by atoms with E-state index >= 15 is 0 Å². The highest BCUT2D eigenvalue weighted by atomic mass is 32.2. The van der Waals surface area contributed by atoms with E-state index in [1.165, 1.54) is 23.4 Å². The number of alkyl halides is 3. The van der Waals surface area contributed by atoms with E-state index in [0.29, 0.717) is 18.3 Å². The van der Waals surface area contributed by atoms with Crippen LogP contribution in [-0.2, 0) is 15.8 Å². The Morgan fingerprint density at radius 2 is 1.72 bits per heavy atom. The van der Waals surface area contributed by atoms with Crippen molar-refractivity contribution in [1.82, 2.24) is 0 Å². The average Bonchev–Trinajstić information content (AvgIpc) is 2.75. The SMILES string of the molecule is CCCCCC(COc1ccc(C(F)(F)F)cc1)CSc1ccc(OC)c(C)c1.O=C=O. The van der Waals surface area contributed by atoms with Gasteiger partial charge in [-0.25, -0.2) is 0 Å². The molecular formula is C24H29F3O4S. The van der Waals surface area contributed by atoms with Gasteiger partial charge in [-0.2, -0.15) is 22.8 Å². The summed E-state index contributed by atoms with van der Waals surface area (Å²) in [6.45, 7) is 4.69. The lowest BCUT2D eigenvalue weighted by molar-refractivity contribution is -0.191. The van der Waals surface area contributed by atoms with Gasteiger partial charge in [0.1, 0.15) is 11.5 Å². The maximum absolute atomic E-state index is 12.7. The number of thioether (sulfide) groups is 1. The summed E-state index contributed by atoms with van der Waals surface area (Å²) in [5, 5.41) is 0. The largest absolute Gasteiger partial charge is 0.496 e. The Bertz CT molecular complexity index is 832. The van der Waals surface area contributed by atoms with Crippen LogP contribution in [0.3, 0.4) is 0 Å². The molecule has 1 atom stereocenters. The van der Waals surface area contributed by atoms with Crippen LogP contribution in [0.4, 0.5) is 13.2 Å². The molecule has 32 heavy (non-hydrogen) atoms. The summed E-state index contributed by atoms with van der Waals surface area (Å²) < 4.78 is 49.2. The summed E-state index contributed by atoms with van der Waals surface area (Å²) >= 11 is 1.78. The molecule has 2 rings (SSSR count). The van der Waals surface area contributed by atoms with Gasteiger partial charge in [0, 0.05) is 16.6 Å². The number of hydrogen-bond acceptors (Lipinski definition) is 5. The van der Waals surface area contributed by atoms with Crippen molar-refractivity contribution in [3.05, 3.63) is 53.6 Å². The zero-order valence-corrected chi connectivity index (χ0v) is 19.4. The van der Waals surface area contributed by atoms with E-state index in [0.717, 1.165) is 48.5 Å². The number of rotatable bonds is 11. The van der Waals surface area contributed by atoms with E-state index in [9.17, 15) is 13.2 Å². The number of carbonyl (C=O) groups excluding carboxylic acids is 2. The van der Waals surface area contributed by atoms with Gasteiger partial charge in [0.2, 0.25) is 0 Å². The third kappa shape index (κ3) is 10.2. The van der Waals surface area contributed by atoms with Crippen LogP contribution in [0.15, 0.2) is 47.4 Å². The third-order valence-electron chi connectivity index (χ3n) is 4.74. The monoisotopic (exact) mass is 470 g/mol. The fourth-order valence-corrected chi connectivity index (χ4v) is 4.12. The fourth-order valence-electron chi connectivity index (χ4n) is 3.01. The average molecular weight is 471 g/mol. The lowest BCUT2D eigenvalue weighted by Gasteiger charge is -2.18. The normalized spacial score (nSPS) is 11.7. The standard InChI is InChI=1S/C23H29F3O2S.CO2/c1-4-5-6-7-18(16-29-21-12-13-22(27-3)17(2)14-21)15-28-20-10-8-19(9-11-20)23(24,25)26;2-1-3/h8-14,18H,4-7,15-16H2,1-3H3;. The molecule has 0 aliphatic heterocycles. The summed E-state index contributed by atoms with van der Waals surface area (Å²) in [4.78, 5) is 17.4. The molecule has 0 aliphatic carbocycles. The minimum atomic E-state index is -4.33. The molecule has 0 radical (unpaired) electrons. The molecule has 8 heteroatoms. The Labute approximate surface area is 191 Å². The summed E-state index contributed by atoms with van der Waals surface area (Å²) in [6.07, 6.45) is 0.408. The maximum atomic E-state index is 12.7. The zero-order valence-electron chi connectivity index (χ0n) is 18.5. The predicted molar refractivity (Wildman–Crippen MR) is 118 cm³/mol. The van der Waals surface area contributed by atoms with Crippen molar-refractivity contribution in [3.8, 4) is 11.5 Å². The van der Waals surface area contributed by atoms with Gasteiger partial charge in [-0.3, -0.25) is 0 Å². The highest BCUT2D eigenvalue weighted by Crippen LogP contribution is 2.31. The van der Waals surface area contributed by atoms with Crippen LogP contribution < -0.4 is 9.47 Å². The summed E-state index contributed by atoms with van der Waals surface area (Å²) in [5.74, 6) is 2.58. The molecule has 0 heterocycles. The Kier molecular flexibility index (Phi) is 12.6. The Balaban J connectivity index is 0.00000161. The Hall–Kier alpha value is -2.44. The summed E-state index contributed by atoms with van der Waals surface area (Å²) in [6, 6.07) is 11.1. The molecule has 0 amide bonds. The first-order chi connectivity index (χ1) is 15.2. The molecule has 0 bridgehead atoms. The van der Waals surface area contributed by atoms with Crippen LogP contribution in [0.1, 0.15) is 43.7 Å². The van der Waals surface area contributed by atoms with Crippen molar-refractivity contribution >= 4 is 17.9 Å².